The van der Waals surface area contributed by atoms with Gasteiger partial charge in [-0.05, 0) is 53.6 Å². The maximum Gasteiger partial charge on any atom is 0.337 e. The van der Waals surface area contributed by atoms with Gasteiger partial charge in [0.1, 0.15) is 11.5 Å². The summed E-state index contributed by atoms with van der Waals surface area (Å²) in [6.07, 6.45) is 2.29. The number of anilines is 1. The van der Waals surface area contributed by atoms with Crippen LogP contribution in [0.5, 0.6) is 0 Å². The van der Waals surface area contributed by atoms with E-state index in [1.165, 1.54) is 25.8 Å². The van der Waals surface area contributed by atoms with Gasteiger partial charge in [-0.1, -0.05) is 36.4 Å². The largest absolute Gasteiger partial charge is 0.465 e. The van der Waals surface area contributed by atoms with Crippen LogP contribution in [0.25, 0.3) is 22.2 Å². The third-order valence-electron chi connectivity index (χ3n) is 7.20. The van der Waals surface area contributed by atoms with Gasteiger partial charge in [-0.2, -0.15) is 0 Å². The number of esters is 2. The highest BCUT2D eigenvalue weighted by molar-refractivity contribution is 6.06. The molecule has 0 fully saturated rings. The second-order valence-corrected chi connectivity index (χ2v) is 9.69. The Morgan fingerprint density at radius 1 is 0.925 bits per heavy atom. The SMILES string of the molecule is COC(=O)c1cc(C(=O)OC)cc(-c2ccc(C3CC(=O)Nc4cccc5c4c3cn5Cc3ccccc3)o2)c1. The number of amides is 1. The van der Waals surface area contributed by atoms with E-state index in [4.69, 9.17) is 13.9 Å². The fourth-order valence-corrected chi connectivity index (χ4v) is 5.35. The quantitative estimate of drug-likeness (QED) is 0.268. The predicted octanol–water partition coefficient (Wildman–Crippen LogP) is 6.00. The normalized spacial score (nSPS) is 14.4. The van der Waals surface area contributed by atoms with Gasteiger partial charge in [0.05, 0.1) is 42.5 Å². The third-order valence-corrected chi connectivity index (χ3v) is 7.20. The molecular weight excluding hydrogens is 508 g/mol. The van der Waals surface area contributed by atoms with Crippen molar-refractivity contribution in [3.05, 3.63) is 113 Å². The summed E-state index contributed by atoms with van der Waals surface area (Å²) in [7, 11) is 2.55. The first-order valence-electron chi connectivity index (χ1n) is 12.8. The van der Waals surface area contributed by atoms with Crippen LogP contribution in [-0.2, 0) is 20.8 Å². The molecule has 0 saturated heterocycles. The molecule has 1 amide bonds. The second kappa shape index (κ2) is 10.2. The molecule has 6 rings (SSSR count). The number of furan rings is 1. The number of rotatable bonds is 6. The lowest BCUT2D eigenvalue weighted by Gasteiger charge is -2.12. The monoisotopic (exact) mass is 534 g/mol. The molecule has 8 nitrogen and oxygen atoms in total. The lowest BCUT2D eigenvalue weighted by atomic mass is 9.93. The van der Waals surface area contributed by atoms with E-state index in [0.29, 0.717) is 23.6 Å². The minimum atomic E-state index is -0.585. The molecule has 0 bridgehead atoms. The van der Waals surface area contributed by atoms with Gasteiger partial charge >= 0.3 is 11.9 Å². The Morgan fingerprint density at radius 2 is 1.65 bits per heavy atom. The van der Waals surface area contributed by atoms with Crippen LogP contribution in [0.2, 0.25) is 0 Å². The number of aromatic nitrogens is 1. The highest BCUT2D eigenvalue weighted by Gasteiger charge is 2.30. The third kappa shape index (κ3) is 4.53. The summed E-state index contributed by atoms with van der Waals surface area (Å²) >= 11 is 0. The number of hydrogen-bond acceptors (Lipinski definition) is 6. The van der Waals surface area contributed by atoms with Crippen molar-refractivity contribution in [2.45, 2.75) is 18.9 Å². The Kier molecular flexibility index (Phi) is 6.43. The molecule has 1 aliphatic rings. The average molecular weight is 535 g/mol. The molecule has 0 aliphatic carbocycles. The highest BCUT2D eigenvalue weighted by Crippen LogP contribution is 2.42. The molecule has 1 atom stereocenters. The molecule has 0 saturated carbocycles. The Hall–Kier alpha value is -5.11. The van der Waals surface area contributed by atoms with Crippen molar-refractivity contribution in [1.82, 2.24) is 4.57 Å². The number of ether oxygens (including phenoxy) is 2. The summed E-state index contributed by atoms with van der Waals surface area (Å²) in [6, 6.07) is 24.4. The zero-order valence-corrected chi connectivity index (χ0v) is 22.0. The van der Waals surface area contributed by atoms with Crippen molar-refractivity contribution >= 4 is 34.4 Å². The molecule has 1 N–H and O–H groups in total. The van der Waals surface area contributed by atoms with Crippen molar-refractivity contribution in [2.24, 2.45) is 0 Å². The number of hydrogen-bond donors (Lipinski definition) is 1. The van der Waals surface area contributed by atoms with Gasteiger partial charge in [0.15, 0.2) is 0 Å². The zero-order valence-electron chi connectivity index (χ0n) is 22.0. The summed E-state index contributed by atoms with van der Waals surface area (Å²) in [5.74, 6) is -0.578. The van der Waals surface area contributed by atoms with Crippen LogP contribution in [0.4, 0.5) is 5.69 Å². The molecule has 3 aromatic carbocycles. The van der Waals surface area contributed by atoms with Crippen LogP contribution >= 0.6 is 0 Å². The second-order valence-electron chi connectivity index (χ2n) is 9.69. The number of methoxy groups -OCH3 is 2. The zero-order chi connectivity index (χ0) is 27.8. The molecule has 8 heteroatoms. The summed E-state index contributed by atoms with van der Waals surface area (Å²) < 4.78 is 18.3. The van der Waals surface area contributed by atoms with E-state index in [2.05, 4.69) is 34.3 Å². The summed E-state index contributed by atoms with van der Waals surface area (Å²) in [6.45, 7) is 0.682. The molecule has 1 unspecified atom stereocenters. The molecule has 0 radical (unpaired) electrons. The average Bonchev–Trinajstić information content (AvgIpc) is 3.58. The molecule has 1 aliphatic heterocycles. The molecule has 200 valence electrons. The van der Waals surface area contributed by atoms with Crippen LogP contribution < -0.4 is 5.32 Å². The van der Waals surface area contributed by atoms with Crippen LogP contribution in [0.1, 0.15) is 49.9 Å². The standard InChI is InChI=1S/C32H26N2O6/c1-38-31(36)21-13-20(14-22(15-21)32(37)39-2)27-11-12-28(40-27)23-16-29(35)33-25-9-6-10-26-30(25)24(23)18-34(26)17-19-7-4-3-5-8-19/h3-15,18,23H,16-17H2,1-2H3,(H,33,35). The molecule has 3 heterocycles. The fourth-order valence-electron chi connectivity index (χ4n) is 5.35. The lowest BCUT2D eigenvalue weighted by Crippen LogP contribution is -2.13. The van der Waals surface area contributed by atoms with Crippen LogP contribution in [0.3, 0.4) is 0 Å². The lowest BCUT2D eigenvalue weighted by molar-refractivity contribution is -0.116. The van der Waals surface area contributed by atoms with Gasteiger partial charge in [-0.15, -0.1) is 0 Å². The van der Waals surface area contributed by atoms with E-state index in [-0.39, 0.29) is 29.4 Å². The topological polar surface area (TPSA) is 99.8 Å². The van der Waals surface area contributed by atoms with Gasteiger partial charge in [-0.3, -0.25) is 4.79 Å². The number of benzene rings is 3. The van der Waals surface area contributed by atoms with Crippen LogP contribution in [0, 0.1) is 0 Å². The van der Waals surface area contributed by atoms with Crippen LogP contribution in [0.15, 0.2) is 89.5 Å². The first-order valence-corrected chi connectivity index (χ1v) is 12.8. The van der Waals surface area contributed by atoms with Gasteiger partial charge < -0.3 is 23.8 Å². The number of carbonyl (C=O) groups is 3. The smallest absolute Gasteiger partial charge is 0.337 e. The van der Waals surface area contributed by atoms with E-state index in [1.54, 1.807) is 18.2 Å². The van der Waals surface area contributed by atoms with Crippen molar-refractivity contribution in [3.8, 4) is 11.3 Å². The van der Waals surface area contributed by atoms with Gasteiger partial charge in [-0.25, -0.2) is 9.59 Å². The Labute approximate surface area is 230 Å². The first-order chi connectivity index (χ1) is 19.4. The number of carbonyl (C=O) groups excluding carboxylic acids is 3. The van der Waals surface area contributed by atoms with E-state index < -0.39 is 11.9 Å². The predicted molar refractivity (Wildman–Crippen MR) is 149 cm³/mol. The number of nitrogens with one attached hydrogen (secondary N) is 1. The Morgan fingerprint density at radius 3 is 2.35 bits per heavy atom. The Balaban J connectivity index is 1.44. The van der Waals surface area contributed by atoms with Crippen molar-refractivity contribution in [2.75, 3.05) is 19.5 Å². The maximum atomic E-state index is 13.0. The molecular formula is C32H26N2O6. The van der Waals surface area contributed by atoms with E-state index in [0.717, 1.165) is 22.2 Å². The summed E-state index contributed by atoms with van der Waals surface area (Å²) in [4.78, 5) is 37.6. The van der Waals surface area contributed by atoms with Gasteiger partial charge in [0.2, 0.25) is 5.91 Å². The fraction of sp³-hybridized carbons (Fsp3) is 0.156. The highest BCUT2D eigenvalue weighted by atomic mass is 16.5. The summed E-state index contributed by atoms with van der Waals surface area (Å²) in [5.41, 5.74) is 4.85. The van der Waals surface area contributed by atoms with E-state index in [9.17, 15) is 14.4 Å². The minimum absolute atomic E-state index is 0.109. The minimum Gasteiger partial charge on any atom is -0.465 e. The van der Waals surface area contributed by atoms with Crippen LogP contribution in [-0.4, -0.2) is 36.6 Å². The molecule has 5 aromatic rings. The Bertz CT molecular complexity index is 1730. The maximum absolute atomic E-state index is 13.0. The summed E-state index contributed by atoms with van der Waals surface area (Å²) in [5, 5.41) is 4.04. The van der Waals surface area contributed by atoms with E-state index in [1.807, 2.05) is 36.4 Å². The molecule has 0 spiro atoms. The van der Waals surface area contributed by atoms with Crippen molar-refractivity contribution < 1.29 is 28.3 Å². The van der Waals surface area contributed by atoms with Crippen molar-refractivity contribution in [3.63, 3.8) is 0 Å². The van der Waals surface area contributed by atoms with Crippen molar-refractivity contribution in [1.29, 1.82) is 0 Å². The number of nitrogens with zero attached hydrogens (tertiary/aromatic N) is 1. The molecule has 2 aromatic heterocycles. The first kappa shape index (κ1) is 25.2. The van der Waals surface area contributed by atoms with Gasteiger partial charge in [0, 0.05) is 30.1 Å². The van der Waals surface area contributed by atoms with Gasteiger partial charge in [0.25, 0.3) is 0 Å². The van der Waals surface area contributed by atoms with E-state index >= 15 is 0 Å². The molecule has 40 heavy (non-hydrogen) atoms.